The van der Waals surface area contributed by atoms with Crippen molar-refractivity contribution in [1.29, 1.82) is 0 Å². The first-order valence-corrected chi connectivity index (χ1v) is 6.43. The molecule has 3 aromatic carbocycles. The first-order valence-electron chi connectivity index (χ1n) is 6.43. The predicted molar refractivity (Wildman–Crippen MR) is 76.9 cm³/mol. The lowest BCUT2D eigenvalue weighted by Crippen LogP contribution is -1.81. The lowest BCUT2D eigenvalue weighted by atomic mass is 10.00. The van der Waals surface area contributed by atoms with Crippen LogP contribution in [0.15, 0.2) is 54.6 Å². The monoisotopic (exact) mass is 230 g/mol. The zero-order valence-corrected chi connectivity index (χ0v) is 10.4. The minimum atomic E-state index is 1.08. The standard InChI is InChI=1S/C18H14/c1-12-6-7-15-10-16-9-13-4-2-3-5-14(13)11-18(16)17(15)8-12/h2-9,11H,10H2,1H3. The van der Waals surface area contributed by atoms with E-state index in [0.717, 1.165) is 6.42 Å². The molecule has 4 rings (SSSR count). The molecule has 3 aromatic rings. The van der Waals surface area contributed by atoms with Gasteiger partial charge in [0.15, 0.2) is 0 Å². The average molecular weight is 230 g/mol. The summed E-state index contributed by atoms with van der Waals surface area (Å²) in [7, 11) is 0. The number of fused-ring (bicyclic) bond motifs is 4. The molecule has 1 aliphatic carbocycles. The largest absolute Gasteiger partial charge is 0.0616 e. The van der Waals surface area contributed by atoms with Gasteiger partial charge in [-0.05, 0) is 52.4 Å². The van der Waals surface area contributed by atoms with Crippen molar-refractivity contribution >= 4 is 10.8 Å². The number of hydrogen-bond donors (Lipinski definition) is 0. The van der Waals surface area contributed by atoms with Crippen LogP contribution in [0.2, 0.25) is 0 Å². The highest BCUT2D eigenvalue weighted by Gasteiger charge is 2.18. The van der Waals surface area contributed by atoms with Crippen LogP contribution in [0.25, 0.3) is 21.9 Å². The Balaban J connectivity index is 2.05. The SMILES string of the molecule is Cc1ccc2c(c1)-c1cc3ccccc3cc1C2. The minimum absolute atomic E-state index is 1.08. The van der Waals surface area contributed by atoms with E-state index in [9.17, 15) is 0 Å². The fraction of sp³-hybridized carbons (Fsp3) is 0.111. The molecule has 0 fully saturated rings. The van der Waals surface area contributed by atoms with Crippen LogP contribution >= 0.6 is 0 Å². The van der Waals surface area contributed by atoms with E-state index in [0.29, 0.717) is 0 Å². The van der Waals surface area contributed by atoms with E-state index in [4.69, 9.17) is 0 Å². The minimum Gasteiger partial charge on any atom is -0.0616 e. The summed E-state index contributed by atoms with van der Waals surface area (Å²) in [6.07, 6.45) is 1.08. The summed E-state index contributed by atoms with van der Waals surface area (Å²) in [6.45, 7) is 2.17. The van der Waals surface area contributed by atoms with Gasteiger partial charge in [-0.1, -0.05) is 54.1 Å². The Hall–Kier alpha value is -2.08. The first-order chi connectivity index (χ1) is 8.81. The van der Waals surface area contributed by atoms with Gasteiger partial charge >= 0.3 is 0 Å². The van der Waals surface area contributed by atoms with Crippen molar-refractivity contribution < 1.29 is 0 Å². The number of aryl methyl sites for hydroxylation is 1. The van der Waals surface area contributed by atoms with Crippen molar-refractivity contribution in [2.75, 3.05) is 0 Å². The van der Waals surface area contributed by atoms with Crippen molar-refractivity contribution in [2.45, 2.75) is 13.3 Å². The smallest absolute Gasteiger partial charge is 0.00132 e. The quantitative estimate of drug-likeness (QED) is 0.410. The van der Waals surface area contributed by atoms with Crippen LogP contribution in [-0.2, 0) is 6.42 Å². The van der Waals surface area contributed by atoms with E-state index in [1.807, 2.05) is 0 Å². The molecule has 0 heterocycles. The van der Waals surface area contributed by atoms with Gasteiger partial charge in [-0.25, -0.2) is 0 Å². The van der Waals surface area contributed by atoms with Gasteiger partial charge in [-0.15, -0.1) is 0 Å². The van der Waals surface area contributed by atoms with E-state index < -0.39 is 0 Å². The highest BCUT2D eigenvalue weighted by atomic mass is 14.2. The van der Waals surface area contributed by atoms with Gasteiger partial charge in [0.05, 0.1) is 0 Å². The molecular formula is C18H14. The van der Waals surface area contributed by atoms with Gasteiger partial charge in [0, 0.05) is 0 Å². The van der Waals surface area contributed by atoms with Crippen LogP contribution in [0, 0.1) is 6.92 Å². The Kier molecular flexibility index (Phi) is 1.90. The summed E-state index contributed by atoms with van der Waals surface area (Å²) >= 11 is 0. The topological polar surface area (TPSA) is 0 Å². The first kappa shape index (κ1) is 9.90. The van der Waals surface area contributed by atoms with E-state index in [1.54, 1.807) is 0 Å². The molecule has 0 radical (unpaired) electrons. The highest BCUT2D eigenvalue weighted by Crippen LogP contribution is 2.39. The second-order valence-corrected chi connectivity index (χ2v) is 5.19. The van der Waals surface area contributed by atoms with Crippen LogP contribution in [0.1, 0.15) is 16.7 Å². The average Bonchev–Trinajstić information content (AvgIpc) is 2.73. The van der Waals surface area contributed by atoms with Gasteiger partial charge in [0.1, 0.15) is 0 Å². The van der Waals surface area contributed by atoms with Gasteiger partial charge < -0.3 is 0 Å². The molecule has 0 bridgehead atoms. The third-order valence-corrected chi connectivity index (χ3v) is 3.91. The van der Waals surface area contributed by atoms with Crippen molar-refractivity contribution in [1.82, 2.24) is 0 Å². The summed E-state index contributed by atoms with van der Waals surface area (Å²) < 4.78 is 0. The summed E-state index contributed by atoms with van der Waals surface area (Å²) in [5.41, 5.74) is 7.12. The maximum atomic E-state index is 2.35. The molecule has 18 heavy (non-hydrogen) atoms. The van der Waals surface area contributed by atoms with Crippen molar-refractivity contribution in [3.8, 4) is 11.1 Å². The fourth-order valence-electron chi connectivity index (χ4n) is 2.98. The van der Waals surface area contributed by atoms with Crippen LogP contribution in [0.5, 0.6) is 0 Å². The summed E-state index contributed by atoms with van der Waals surface area (Å²) in [6, 6.07) is 20.1. The molecule has 0 unspecified atom stereocenters. The normalized spacial score (nSPS) is 12.5. The third-order valence-electron chi connectivity index (χ3n) is 3.91. The van der Waals surface area contributed by atoms with E-state index in [-0.39, 0.29) is 0 Å². The van der Waals surface area contributed by atoms with Crippen LogP contribution < -0.4 is 0 Å². The maximum absolute atomic E-state index is 2.35. The summed E-state index contributed by atoms with van der Waals surface area (Å²) in [5, 5.41) is 2.69. The Morgan fingerprint density at radius 2 is 1.44 bits per heavy atom. The maximum Gasteiger partial charge on any atom is -0.00132 e. The van der Waals surface area contributed by atoms with E-state index in [1.165, 1.54) is 38.6 Å². The predicted octanol–water partition coefficient (Wildman–Crippen LogP) is 4.72. The number of benzene rings is 3. The molecule has 0 N–H and O–H groups in total. The van der Waals surface area contributed by atoms with Crippen LogP contribution in [0.4, 0.5) is 0 Å². The summed E-state index contributed by atoms with van der Waals surface area (Å²) in [4.78, 5) is 0. The number of hydrogen-bond acceptors (Lipinski definition) is 0. The molecule has 0 nitrogen and oxygen atoms in total. The molecule has 0 saturated heterocycles. The van der Waals surface area contributed by atoms with Crippen LogP contribution in [-0.4, -0.2) is 0 Å². The Labute approximate surface area is 107 Å². The van der Waals surface area contributed by atoms with Gasteiger partial charge in [-0.3, -0.25) is 0 Å². The molecule has 0 aromatic heterocycles. The molecular weight excluding hydrogens is 216 g/mol. The van der Waals surface area contributed by atoms with Gasteiger partial charge in [0.25, 0.3) is 0 Å². The molecule has 0 amide bonds. The molecule has 0 heteroatoms. The van der Waals surface area contributed by atoms with Gasteiger partial charge in [0.2, 0.25) is 0 Å². The molecule has 0 aliphatic heterocycles. The number of rotatable bonds is 0. The van der Waals surface area contributed by atoms with Crippen molar-refractivity contribution in [3.05, 3.63) is 71.3 Å². The second-order valence-electron chi connectivity index (χ2n) is 5.19. The molecule has 0 atom stereocenters. The lowest BCUT2D eigenvalue weighted by molar-refractivity contribution is 1.26. The fourth-order valence-corrected chi connectivity index (χ4v) is 2.98. The van der Waals surface area contributed by atoms with Gasteiger partial charge in [-0.2, -0.15) is 0 Å². The lowest BCUT2D eigenvalue weighted by Gasteiger charge is -2.04. The summed E-state index contributed by atoms with van der Waals surface area (Å²) in [5.74, 6) is 0. The molecule has 86 valence electrons. The molecule has 0 spiro atoms. The zero-order chi connectivity index (χ0) is 12.1. The Morgan fingerprint density at radius 1 is 0.722 bits per heavy atom. The molecule has 1 aliphatic rings. The highest BCUT2D eigenvalue weighted by molar-refractivity contribution is 5.91. The Morgan fingerprint density at radius 3 is 2.28 bits per heavy atom. The second kappa shape index (κ2) is 3.46. The van der Waals surface area contributed by atoms with Crippen LogP contribution in [0.3, 0.4) is 0 Å². The third kappa shape index (κ3) is 1.32. The zero-order valence-electron chi connectivity index (χ0n) is 10.4. The molecule has 0 saturated carbocycles. The Bertz CT molecular complexity index is 766. The van der Waals surface area contributed by atoms with Crippen molar-refractivity contribution in [2.24, 2.45) is 0 Å². The van der Waals surface area contributed by atoms with Crippen molar-refractivity contribution in [3.63, 3.8) is 0 Å². The van der Waals surface area contributed by atoms with E-state index >= 15 is 0 Å². The van der Waals surface area contributed by atoms with E-state index in [2.05, 4.69) is 61.5 Å².